The van der Waals surface area contributed by atoms with Crippen molar-refractivity contribution < 1.29 is 17.3 Å². The summed E-state index contributed by atoms with van der Waals surface area (Å²) in [5.41, 5.74) is 2.07. The van der Waals surface area contributed by atoms with Crippen molar-refractivity contribution in [3.63, 3.8) is 0 Å². The molecule has 0 aliphatic heterocycles. The third-order valence-electron chi connectivity index (χ3n) is 3.87. The van der Waals surface area contributed by atoms with Crippen LogP contribution in [0.25, 0.3) is 22.1 Å². The van der Waals surface area contributed by atoms with E-state index in [0.717, 1.165) is 17.3 Å². The highest BCUT2D eigenvalue weighted by Gasteiger charge is 2.13. The summed E-state index contributed by atoms with van der Waals surface area (Å²) < 4.78 is 34.9. The number of ether oxygens (including phenoxy) is 1. The van der Waals surface area contributed by atoms with Crippen molar-refractivity contribution in [2.45, 2.75) is 0 Å². The van der Waals surface area contributed by atoms with Crippen molar-refractivity contribution in [3.05, 3.63) is 62.9 Å². The Bertz CT molecular complexity index is 1390. The second-order valence-corrected chi connectivity index (χ2v) is 8.42. The van der Waals surface area contributed by atoms with Crippen molar-refractivity contribution >= 4 is 43.5 Å². The number of para-hydroxylation sites is 2. The van der Waals surface area contributed by atoms with Crippen LogP contribution in [0, 0.1) is 0 Å². The molecule has 0 bridgehead atoms. The Balaban J connectivity index is 1.84. The molecule has 0 radical (unpaired) electrons. The SMILES string of the molecule is COc1cc(/C=c2\sc3nc4ccccc4n3c2=O)ccc1OS(C)(=O)=O. The number of thiazole rings is 1. The van der Waals surface area contributed by atoms with Gasteiger partial charge in [0.25, 0.3) is 5.56 Å². The lowest BCUT2D eigenvalue weighted by atomic mass is 10.2. The molecule has 27 heavy (non-hydrogen) atoms. The first kappa shape index (κ1) is 17.5. The van der Waals surface area contributed by atoms with Crippen LogP contribution in [0.5, 0.6) is 11.5 Å². The van der Waals surface area contributed by atoms with Crippen molar-refractivity contribution in [2.24, 2.45) is 0 Å². The second-order valence-electron chi connectivity index (χ2n) is 5.83. The van der Waals surface area contributed by atoms with E-state index in [-0.39, 0.29) is 17.1 Å². The molecule has 7 nitrogen and oxygen atoms in total. The van der Waals surface area contributed by atoms with Crippen molar-refractivity contribution in [1.82, 2.24) is 9.38 Å². The van der Waals surface area contributed by atoms with Gasteiger partial charge in [-0.2, -0.15) is 8.42 Å². The number of fused-ring (bicyclic) bond motifs is 3. The number of aromatic nitrogens is 2. The minimum Gasteiger partial charge on any atom is -0.493 e. The van der Waals surface area contributed by atoms with E-state index < -0.39 is 10.1 Å². The lowest BCUT2D eigenvalue weighted by molar-refractivity contribution is 0.391. The van der Waals surface area contributed by atoms with E-state index in [4.69, 9.17) is 8.92 Å². The lowest BCUT2D eigenvalue weighted by Crippen LogP contribution is -2.22. The van der Waals surface area contributed by atoms with Gasteiger partial charge in [-0.1, -0.05) is 29.5 Å². The summed E-state index contributed by atoms with van der Waals surface area (Å²) in [5, 5.41) is 0. The molecule has 4 aromatic rings. The molecular weight excluding hydrogens is 388 g/mol. The Kier molecular flexibility index (Phi) is 4.12. The van der Waals surface area contributed by atoms with Gasteiger partial charge in [0.1, 0.15) is 0 Å². The Hall–Kier alpha value is -2.91. The maximum absolute atomic E-state index is 12.8. The summed E-state index contributed by atoms with van der Waals surface area (Å²) >= 11 is 1.29. The van der Waals surface area contributed by atoms with Gasteiger partial charge in [0.2, 0.25) is 0 Å². The van der Waals surface area contributed by atoms with E-state index in [1.54, 1.807) is 22.6 Å². The van der Waals surface area contributed by atoms with Crippen molar-refractivity contribution in [3.8, 4) is 11.5 Å². The molecule has 0 aliphatic carbocycles. The molecule has 0 atom stereocenters. The molecule has 0 spiro atoms. The van der Waals surface area contributed by atoms with Gasteiger partial charge >= 0.3 is 10.1 Å². The fourth-order valence-corrected chi connectivity index (χ4v) is 4.22. The van der Waals surface area contributed by atoms with E-state index in [9.17, 15) is 13.2 Å². The molecule has 4 rings (SSSR count). The van der Waals surface area contributed by atoms with Gasteiger partial charge in [0.15, 0.2) is 16.5 Å². The molecule has 0 saturated carbocycles. The van der Waals surface area contributed by atoms with Crippen molar-refractivity contribution in [2.75, 3.05) is 13.4 Å². The zero-order chi connectivity index (χ0) is 19.2. The van der Waals surface area contributed by atoms with E-state index >= 15 is 0 Å². The quantitative estimate of drug-likeness (QED) is 0.484. The normalized spacial score (nSPS) is 12.7. The first-order chi connectivity index (χ1) is 12.9. The molecule has 0 saturated heterocycles. The summed E-state index contributed by atoms with van der Waals surface area (Å²) in [5.74, 6) is 0.347. The van der Waals surface area contributed by atoms with Gasteiger partial charge in [-0.15, -0.1) is 0 Å². The van der Waals surface area contributed by atoms with Gasteiger partial charge in [-0.05, 0) is 35.9 Å². The minimum atomic E-state index is -3.67. The number of hydrogen-bond donors (Lipinski definition) is 0. The Morgan fingerprint density at radius 2 is 1.93 bits per heavy atom. The summed E-state index contributed by atoms with van der Waals surface area (Å²) in [6, 6.07) is 12.2. The van der Waals surface area contributed by atoms with E-state index in [1.807, 2.05) is 24.3 Å². The fourth-order valence-electron chi connectivity index (χ4n) is 2.77. The van der Waals surface area contributed by atoms with Gasteiger partial charge in [-0.3, -0.25) is 4.79 Å². The molecule has 2 aromatic carbocycles. The minimum absolute atomic E-state index is 0.0893. The number of rotatable bonds is 4. The van der Waals surface area contributed by atoms with Gasteiger partial charge in [0.05, 0.1) is 28.9 Å². The highest BCUT2D eigenvalue weighted by atomic mass is 32.2. The number of nitrogens with zero attached hydrogens (tertiary/aromatic N) is 2. The maximum Gasteiger partial charge on any atom is 0.306 e. The lowest BCUT2D eigenvalue weighted by Gasteiger charge is -2.08. The monoisotopic (exact) mass is 402 g/mol. The number of methoxy groups -OCH3 is 1. The standard InChI is InChI=1S/C18H14N2O5S2/c1-24-15-9-11(7-8-14(15)25-27(2,22)23)10-16-17(21)20-13-6-4-3-5-12(13)19-18(20)26-16/h3-10H,1-2H3/b16-10-. The topological polar surface area (TPSA) is 87.0 Å². The number of hydrogen-bond acceptors (Lipinski definition) is 7. The Morgan fingerprint density at radius 1 is 1.15 bits per heavy atom. The Labute approximate surface area is 158 Å². The van der Waals surface area contributed by atoms with Crippen LogP contribution < -0.4 is 19.0 Å². The molecule has 0 unspecified atom stereocenters. The predicted octanol–water partition coefficient (Wildman–Crippen LogP) is 1.80. The van der Waals surface area contributed by atoms with Crippen LogP contribution in [0.4, 0.5) is 0 Å². The van der Waals surface area contributed by atoms with Crippen LogP contribution >= 0.6 is 11.3 Å². The van der Waals surface area contributed by atoms with E-state index in [1.165, 1.54) is 24.5 Å². The van der Waals surface area contributed by atoms with E-state index in [0.29, 0.717) is 15.1 Å². The highest BCUT2D eigenvalue weighted by Crippen LogP contribution is 2.29. The largest absolute Gasteiger partial charge is 0.493 e. The van der Waals surface area contributed by atoms with Gasteiger partial charge in [-0.25, -0.2) is 9.38 Å². The molecule has 2 heterocycles. The number of imidazole rings is 1. The fraction of sp³-hybridized carbons (Fsp3) is 0.111. The molecule has 0 amide bonds. The molecule has 9 heteroatoms. The predicted molar refractivity (Wildman–Crippen MR) is 104 cm³/mol. The first-order valence-electron chi connectivity index (χ1n) is 7.85. The van der Waals surface area contributed by atoms with E-state index in [2.05, 4.69) is 4.98 Å². The smallest absolute Gasteiger partial charge is 0.306 e. The van der Waals surface area contributed by atoms with Crippen LogP contribution in [0.15, 0.2) is 47.3 Å². The molecule has 2 aromatic heterocycles. The third kappa shape index (κ3) is 3.26. The molecule has 0 fully saturated rings. The van der Waals surface area contributed by atoms with Crippen LogP contribution in [0.3, 0.4) is 0 Å². The van der Waals surface area contributed by atoms with Gasteiger partial charge < -0.3 is 8.92 Å². The summed E-state index contributed by atoms with van der Waals surface area (Å²) in [7, 11) is -2.25. The van der Waals surface area contributed by atoms with Crippen LogP contribution in [0.2, 0.25) is 0 Å². The number of benzene rings is 2. The third-order valence-corrected chi connectivity index (χ3v) is 5.32. The average Bonchev–Trinajstić information content (AvgIpc) is 3.12. The zero-order valence-corrected chi connectivity index (χ0v) is 16.0. The van der Waals surface area contributed by atoms with Gasteiger partial charge in [0, 0.05) is 0 Å². The summed E-state index contributed by atoms with van der Waals surface area (Å²) in [4.78, 5) is 17.9. The Morgan fingerprint density at radius 3 is 2.67 bits per heavy atom. The van der Waals surface area contributed by atoms with Crippen LogP contribution in [-0.4, -0.2) is 31.2 Å². The highest BCUT2D eigenvalue weighted by molar-refractivity contribution is 7.86. The zero-order valence-electron chi connectivity index (χ0n) is 14.4. The molecule has 138 valence electrons. The first-order valence-corrected chi connectivity index (χ1v) is 10.5. The van der Waals surface area contributed by atoms with Crippen LogP contribution in [-0.2, 0) is 10.1 Å². The molecular formula is C18H14N2O5S2. The average molecular weight is 402 g/mol. The summed E-state index contributed by atoms with van der Waals surface area (Å²) in [6.45, 7) is 0. The second kappa shape index (κ2) is 6.36. The molecule has 0 aliphatic rings. The molecule has 0 N–H and O–H groups in total. The maximum atomic E-state index is 12.8. The summed E-state index contributed by atoms with van der Waals surface area (Å²) in [6.07, 6.45) is 2.67. The van der Waals surface area contributed by atoms with Crippen LogP contribution in [0.1, 0.15) is 5.56 Å². The van der Waals surface area contributed by atoms with Crippen molar-refractivity contribution in [1.29, 1.82) is 0 Å².